The molecule has 0 bridgehead atoms. The number of nitrogens with one attached hydrogen (secondary N) is 1. The van der Waals surface area contributed by atoms with E-state index in [-0.39, 0.29) is 5.69 Å². The van der Waals surface area contributed by atoms with E-state index in [1.165, 1.54) is 17.7 Å². The number of ether oxygens (including phenoxy) is 1. The number of benzene rings is 3. The fraction of sp³-hybridized carbons (Fsp3) is 0.136. The number of hydrogen-bond donors (Lipinski definition) is 1. The molecule has 0 heterocycles. The van der Waals surface area contributed by atoms with E-state index in [0.29, 0.717) is 12.3 Å². The van der Waals surface area contributed by atoms with E-state index < -0.39 is 4.92 Å². The first kappa shape index (κ1) is 19.1. The van der Waals surface area contributed by atoms with Crippen LogP contribution in [0, 0.1) is 10.1 Å². The highest BCUT2D eigenvalue weighted by atomic mass is 16.6. The van der Waals surface area contributed by atoms with Crippen molar-refractivity contribution in [2.45, 2.75) is 12.8 Å². The van der Waals surface area contributed by atoms with Gasteiger partial charge in [0, 0.05) is 12.1 Å². The van der Waals surface area contributed by atoms with E-state index in [1.807, 2.05) is 42.5 Å². The summed E-state index contributed by atoms with van der Waals surface area (Å²) >= 11 is 0. The Bertz CT molecular complexity index is 925. The second kappa shape index (κ2) is 9.87. The summed E-state index contributed by atoms with van der Waals surface area (Å²) in [6, 6.07) is 24.2. The molecule has 0 radical (unpaired) electrons. The summed E-state index contributed by atoms with van der Waals surface area (Å²) in [4.78, 5) is 10.3. The lowest BCUT2D eigenvalue weighted by Crippen LogP contribution is -1.99. The number of hydrazone groups is 1. The number of anilines is 1. The van der Waals surface area contributed by atoms with Gasteiger partial charge in [0.15, 0.2) is 0 Å². The molecule has 0 aliphatic heterocycles. The van der Waals surface area contributed by atoms with Crippen molar-refractivity contribution in [3.8, 4) is 5.75 Å². The summed E-state index contributed by atoms with van der Waals surface area (Å²) in [6.45, 7) is 0.663. The SMILES string of the molecule is O=[N+]([O-])c1cccc(NN=Cc2ccc(OCCCc3ccccc3)cc2)c1. The number of nitro groups is 1. The van der Waals surface area contributed by atoms with Crippen LogP contribution in [0.25, 0.3) is 0 Å². The van der Waals surface area contributed by atoms with Crippen LogP contribution in [-0.2, 0) is 6.42 Å². The zero-order valence-electron chi connectivity index (χ0n) is 15.3. The van der Waals surface area contributed by atoms with E-state index in [0.717, 1.165) is 24.2 Å². The van der Waals surface area contributed by atoms with Crippen molar-refractivity contribution in [1.82, 2.24) is 0 Å². The molecule has 142 valence electrons. The molecule has 0 aliphatic rings. The number of nitrogens with zero attached hydrogens (tertiary/aromatic N) is 2. The molecule has 1 N–H and O–H groups in total. The molecule has 3 rings (SSSR count). The minimum absolute atomic E-state index is 0.0222. The smallest absolute Gasteiger partial charge is 0.271 e. The Morgan fingerprint density at radius 2 is 1.79 bits per heavy atom. The lowest BCUT2D eigenvalue weighted by Gasteiger charge is -2.06. The van der Waals surface area contributed by atoms with Crippen LogP contribution in [0.2, 0.25) is 0 Å². The van der Waals surface area contributed by atoms with Gasteiger partial charge in [-0.3, -0.25) is 15.5 Å². The van der Waals surface area contributed by atoms with Gasteiger partial charge >= 0.3 is 0 Å². The van der Waals surface area contributed by atoms with Gasteiger partial charge in [0.1, 0.15) is 5.75 Å². The van der Waals surface area contributed by atoms with Gasteiger partial charge in [-0.05, 0) is 54.3 Å². The Labute approximate surface area is 163 Å². The van der Waals surface area contributed by atoms with Gasteiger partial charge < -0.3 is 4.74 Å². The second-order valence-electron chi connectivity index (χ2n) is 6.18. The normalized spacial score (nSPS) is 10.7. The standard InChI is InChI=1S/C22H21N3O3/c26-25(27)21-10-4-9-20(16-21)24-23-17-19-11-13-22(14-12-19)28-15-5-8-18-6-2-1-3-7-18/h1-4,6-7,9-14,16-17,24H,5,8,15H2. The maximum atomic E-state index is 10.8. The third kappa shape index (κ3) is 5.95. The van der Waals surface area contributed by atoms with E-state index in [1.54, 1.807) is 18.3 Å². The summed E-state index contributed by atoms with van der Waals surface area (Å²) in [7, 11) is 0. The van der Waals surface area contributed by atoms with Crippen LogP contribution in [0.3, 0.4) is 0 Å². The molecule has 0 unspecified atom stereocenters. The molecule has 28 heavy (non-hydrogen) atoms. The second-order valence-corrected chi connectivity index (χ2v) is 6.18. The number of aryl methyl sites for hydroxylation is 1. The van der Waals surface area contributed by atoms with Crippen LogP contribution in [0.1, 0.15) is 17.5 Å². The molecule has 6 heteroatoms. The minimum Gasteiger partial charge on any atom is -0.494 e. The molecule has 0 saturated carbocycles. The van der Waals surface area contributed by atoms with Gasteiger partial charge in [-0.15, -0.1) is 0 Å². The fourth-order valence-corrected chi connectivity index (χ4v) is 2.63. The van der Waals surface area contributed by atoms with Crippen molar-refractivity contribution in [3.63, 3.8) is 0 Å². The largest absolute Gasteiger partial charge is 0.494 e. The number of rotatable bonds is 9. The summed E-state index contributed by atoms with van der Waals surface area (Å²) in [6.07, 6.45) is 3.60. The maximum absolute atomic E-state index is 10.8. The Morgan fingerprint density at radius 1 is 1.00 bits per heavy atom. The summed E-state index contributed by atoms with van der Waals surface area (Å²) in [5.41, 5.74) is 5.59. The highest BCUT2D eigenvalue weighted by molar-refractivity contribution is 5.80. The molecule has 3 aromatic carbocycles. The van der Waals surface area contributed by atoms with E-state index in [4.69, 9.17) is 4.74 Å². The van der Waals surface area contributed by atoms with Crippen molar-refractivity contribution in [1.29, 1.82) is 0 Å². The maximum Gasteiger partial charge on any atom is 0.271 e. The van der Waals surface area contributed by atoms with Crippen LogP contribution >= 0.6 is 0 Å². The molecule has 0 aromatic heterocycles. The van der Waals surface area contributed by atoms with E-state index in [2.05, 4.69) is 22.7 Å². The quantitative estimate of drug-likeness (QED) is 0.246. The third-order valence-electron chi connectivity index (χ3n) is 4.07. The lowest BCUT2D eigenvalue weighted by molar-refractivity contribution is -0.384. The average Bonchev–Trinajstić information content (AvgIpc) is 2.73. The van der Waals surface area contributed by atoms with Gasteiger partial charge in [-0.1, -0.05) is 36.4 Å². The zero-order chi connectivity index (χ0) is 19.6. The third-order valence-corrected chi connectivity index (χ3v) is 4.07. The molecule has 0 aliphatic carbocycles. The number of non-ortho nitro benzene ring substituents is 1. The Morgan fingerprint density at radius 3 is 2.54 bits per heavy atom. The van der Waals surface area contributed by atoms with Crippen molar-refractivity contribution in [3.05, 3.63) is 100 Å². The molecule has 0 atom stereocenters. The summed E-state index contributed by atoms with van der Waals surface area (Å²) in [5, 5.41) is 14.9. The molecule has 3 aromatic rings. The van der Waals surface area contributed by atoms with Gasteiger partial charge in [-0.25, -0.2) is 0 Å². The Hall–Kier alpha value is -3.67. The first-order chi connectivity index (χ1) is 13.7. The first-order valence-electron chi connectivity index (χ1n) is 9.01. The van der Waals surface area contributed by atoms with Crippen LogP contribution in [0.4, 0.5) is 11.4 Å². The molecular weight excluding hydrogens is 354 g/mol. The lowest BCUT2D eigenvalue weighted by atomic mass is 10.1. The average molecular weight is 375 g/mol. The molecule has 0 spiro atoms. The summed E-state index contributed by atoms with van der Waals surface area (Å²) in [5.74, 6) is 0.817. The van der Waals surface area contributed by atoms with Gasteiger partial charge in [0.2, 0.25) is 0 Å². The molecule has 0 amide bonds. The van der Waals surface area contributed by atoms with Crippen LogP contribution in [0.5, 0.6) is 5.75 Å². The predicted molar refractivity (Wildman–Crippen MR) is 111 cm³/mol. The van der Waals surface area contributed by atoms with Gasteiger partial charge in [0.05, 0.1) is 23.4 Å². The van der Waals surface area contributed by atoms with Crippen LogP contribution < -0.4 is 10.2 Å². The zero-order valence-corrected chi connectivity index (χ0v) is 15.3. The summed E-state index contributed by atoms with van der Waals surface area (Å²) < 4.78 is 5.77. The van der Waals surface area contributed by atoms with Crippen molar-refractivity contribution < 1.29 is 9.66 Å². The minimum atomic E-state index is -0.437. The predicted octanol–water partition coefficient (Wildman–Crippen LogP) is 5.05. The van der Waals surface area contributed by atoms with Crippen LogP contribution in [-0.4, -0.2) is 17.7 Å². The van der Waals surface area contributed by atoms with Crippen molar-refractivity contribution in [2.75, 3.05) is 12.0 Å². The highest BCUT2D eigenvalue weighted by Gasteiger charge is 2.04. The number of hydrogen-bond acceptors (Lipinski definition) is 5. The molecule has 0 saturated heterocycles. The van der Waals surface area contributed by atoms with E-state index in [9.17, 15) is 10.1 Å². The number of nitro benzene ring substituents is 1. The van der Waals surface area contributed by atoms with Crippen molar-refractivity contribution >= 4 is 17.6 Å². The topological polar surface area (TPSA) is 76.8 Å². The van der Waals surface area contributed by atoms with Gasteiger partial charge in [0.25, 0.3) is 5.69 Å². The van der Waals surface area contributed by atoms with E-state index >= 15 is 0 Å². The van der Waals surface area contributed by atoms with Gasteiger partial charge in [-0.2, -0.15) is 5.10 Å². The molecule has 0 fully saturated rings. The highest BCUT2D eigenvalue weighted by Crippen LogP contribution is 2.17. The van der Waals surface area contributed by atoms with Crippen molar-refractivity contribution in [2.24, 2.45) is 5.10 Å². The van der Waals surface area contributed by atoms with Crippen LogP contribution in [0.15, 0.2) is 84.0 Å². The fourth-order valence-electron chi connectivity index (χ4n) is 2.63. The molecule has 6 nitrogen and oxygen atoms in total. The Kier molecular flexibility index (Phi) is 6.73. The molecular formula is C22H21N3O3. The Balaban J connectivity index is 1.44. The monoisotopic (exact) mass is 375 g/mol. The first-order valence-corrected chi connectivity index (χ1v) is 9.01.